The summed E-state index contributed by atoms with van der Waals surface area (Å²) in [5, 5.41) is 0. The van der Waals surface area contributed by atoms with Crippen molar-refractivity contribution in [1.82, 2.24) is 0 Å². The largest absolute Gasteiger partial charge is 0.497 e. The van der Waals surface area contributed by atoms with E-state index in [9.17, 15) is 14.0 Å². The number of halogens is 1. The fraction of sp³-hybridized carbons (Fsp3) is 0.238. The van der Waals surface area contributed by atoms with Crippen molar-refractivity contribution in [2.75, 3.05) is 25.7 Å². The van der Waals surface area contributed by atoms with Crippen molar-refractivity contribution in [2.45, 2.75) is 12.3 Å². The lowest BCUT2D eigenvalue weighted by molar-refractivity contribution is -0.136. The number of hydrogen-bond acceptors (Lipinski definition) is 5. The quantitative estimate of drug-likeness (QED) is 0.759. The Hall–Kier alpha value is -3.35. The average Bonchev–Trinajstić information content (AvgIpc) is 3.09. The first-order valence-corrected chi connectivity index (χ1v) is 8.74. The highest BCUT2D eigenvalue weighted by molar-refractivity contribution is 6.06. The molecule has 0 radical (unpaired) electrons. The molecule has 144 valence electrons. The van der Waals surface area contributed by atoms with E-state index in [2.05, 4.69) is 0 Å². The summed E-state index contributed by atoms with van der Waals surface area (Å²) in [5.41, 5.74) is 2.11. The number of rotatable bonds is 4. The molecular weight excluding hydrogens is 365 g/mol. The number of esters is 1. The van der Waals surface area contributed by atoms with Crippen LogP contribution in [0.4, 0.5) is 10.1 Å². The molecule has 6 nitrogen and oxygen atoms in total. The van der Waals surface area contributed by atoms with Gasteiger partial charge in [-0.15, -0.1) is 0 Å². The van der Waals surface area contributed by atoms with Gasteiger partial charge in [0.1, 0.15) is 23.9 Å². The van der Waals surface area contributed by atoms with Crippen LogP contribution in [0.1, 0.15) is 17.9 Å². The van der Waals surface area contributed by atoms with Gasteiger partial charge in [-0.2, -0.15) is 0 Å². The first-order valence-electron chi connectivity index (χ1n) is 8.74. The number of cyclic esters (lactones) is 1. The van der Waals surface area contributed by atoms with Crippen molar-refractivity contribution >= 4 is 17.6 Å². The van der Waals surface area contributed by atoms with E-state index in [0.717, 1.165) is 0 Å². The van der Waals surface area contributed by atoms with Crippen molar-refractivity contribution in [2.24, 2.45) is 0 Å². The molecule has 1 atom stereocenters. The zero-order valence-corrected chi connectivity index (χ0v) is 15.4. The zero-order chi connectivity index (χ0) is 19.8. The van der Waals surface area contributed by atoms with Crippen molar-refractivity contribution in [3.8, 4) is 11.5 Å². The Bertz CT molecular complexity index is 983. The van der Waals surface area contributed by atoms with E-state index in [0.29, 0.717) is 34.0 Å². The lowest BCUT2D eigenvalue weighted by atomic mass is 9.83. The lowest BCUT2D eigenvalue weighted by Gasteiger charge is -2.32. The second kappa shape index (κ2) is 6.99. The van der Waals surface area contributed by atoms with Crippen LogP contribution in [-0.4, -0.2) is 32.7 Å². The summed E-state index contributed by atoms with van der Waals surface area (Å²) in [5.74, 6) is -0.418. The van der Waals surface area contributed by atoms with Gasteiger partial charge in [-0.3, -0.25) is 9.69 Å². The second-order valence-electron chi connectivity index (χ2n) is 6.51. The summed E-state index contributed by atoms with van der Waals surface area (Å²) in [6, 6.07) is 10.8. The molecule has 0 bridgehead atoms. The van der Waals surface area contributed by atoms with Crippen LogP contribution in [0.2, 0.25) is 0 Å². The third kappa shape index (κ3) is 2.89. The molecule has 0 saturated heterocycles. The van der Waals surface area contributed by atoms with E-state index >= 15 is 0 Å². The topological polar surface area (TPSA) is 65.1 Å². The van der Waals surface area contributed by atoms with Gasteiger partial charge in [0, 0.05) is 29.7 Å². The maximum absolute atomic E-state index is 13.3. The molecule has 4 rings (SSSR count). The molecule has 0 unspecified atom stereocenters. The number of carbonyl (C=O) groups excluding carboxylic acids is 2. The molecule has 2 aromatic carbocycles. The number of amides is 1. The zero-order valence-electron chi connectivity index (χ0n) is 15.4. The van der Waals surface area contributed by atoms with Crippen molar-refractivity contribution < 1.29 is 28.2 Å². The van der Waals surface area contributed by atoms with Gasteiger partial charge in [0.2, 0.25) is 5.91 Å². The number of carbonyl (C=O) groups is 2. The van der Waals surface area contributed by atoms with E-state index in [1.807, 2.05) is 0 Å². The summed E-state index contributed by atoms with van der Waals surface area (Å²) in [4.78, 5) is 26.9. The van der Waals surface area contributed by atoms with E-state index in [1.165, 1.54) is 36.3 Å². The van der Waals surface area contributed by atoms with Gasteiger partial charge in [-0.05, 0) is 30.3 Å². The highest BCUT2D eigenvalue weighted by Gasteiger charge is 2.43. The van der Waals surface area contributed by atoms with Crippen LogP contribution in [0, 0.1) is 5.82 Å². The van der Waals surface area contributed by atoms with Gasteiger partial charge < -0.3 is 14.2 Å². The van der Waals surface area contributed by atoms with Gasteiger partial charge in [-0.25, -0.2) is 9.18 Å². The van der Waals surface area contributed by atoms with Crippen LogP contribution in [0.15, 0.2) is 53.7 Å². The van der Waals surface area contributed by atoms with E-state index in [1.54, 1.807) is 25.3 Å². The molecule has 2 aliphatic rings. The maximum Gasteiger partial charge on any atom is 0.336 e. The normalized spacial score (nSPS) is 18.8. The summed E-state index contributed by atoms with van der Waals surface area (Å²) in [7, 11) is 3.07. The molecule has 2 aromatic rings. The Balaban J connectivity index is 1.83. The Kier molecular flexibility index (Phi) is 4.50. The molecule has 7 heteroatoms. The molecule has 0 saturated carbocycles. The number of anilines is 1. The predicted molar refractivity (Wildman–Crippen MR) is 98.8 cm³/mol. The second-order valence-corrected chi connectivity index (χ2v) is 6.51. The van der Waals surface area contributed by atoms with Crippen molar-refractivity contribution in [3.63, 3.8) is 0 Å². The van der Waals surface area contributed by atoms with Crippen LogP contribution >= 0.6 is 0 Å². The van der Waals surface area contributed by atoms with Crippen molar-refractivity contribution in [3.05, 3.63) is 65.1 Å². The van der Waals surface area contributed by atoms with Crippen LogP contribution in [0.5, 0.6) is 11.5 Å². The minimum Gasteiger partial charge on any atom is -0.497 e. The minimum atomic E-state index is -0.491. The predicted octanol–water partition coefficient (Wildman–Crippen LogP) is 3.17. The molecular formula is C21H18FNO5. The third-order valence-corrected chi connectivity index (χ3v) is 5.02. The minimum absolute atomic E-state index is 0.00769. The summed E-state index contributed by atoms with van der Waals surface area (Å²) < 4.78 is 29.2. The lowest BCUT2D eigenvalue weighted by Crippen LogP contribution is -2.37. The smallest absolute Gasteiger partial charge is 0.336 e. The Morgan fingerprint density at radius 2 is 1.82 bits per heavy atom. The monoisotopic (exact) mass is 383 g/mol. The number of ether oxygens (including phenoxy) is 3. The Morgan fingerprint density at radius 1 is 1.07 bits per heavy atom. The number of nitrogens with zero attached hydrogens (tertiary/aromatic N) is 1. The van der Waals surface area contributed by atoms with Gasteiger partial charge in [0.05, 0.1) is 25.5 Å². The molecule has 0 spiro atoms. The van der Waals surface area contributed by atoms with E-state index < -0.39 is 17.7 Å². The first kappa shape index (κ1) is 18.0. The standard InChI is InChI=1S/C21H18FNO5/c1-26-14-7-8-15(18(9-14)27-2)16-10-19(24)23(13-5-3-12(22)4-6-13)17-11-28-21(25)20(16)17/h3-9,16H,10-11H2,1-2H3/t16-/m0/s1. The summed E-state index contributed by atoms with van der Waals surface area (Å²) in [6.07, 6.45) is 0.0635. The molecule has 0 aromatic heterocycles. The number of hydrogen-bond donors (Lipinski definition) is 0. The molecule has 0 fully saturated rings. The van der Waals surface area contributed by atoms with Crippen LogP contribution in [0.25, 0.3) is 0 Å². The highest BCUT2D eigenvalue weighted by Crippen LogP contribution is 2.45. The average molecular weight is 383 g/mol. The van der Waals surface area contributed by atoms with E-state index in [4.69, 9.17) is 14.2 Å². The molecule has 2 aliphatic heterocycles. The van der Waals surface area contributed by atoms with Crippen LogP contribution in [0.3, 0.4) is 0 Å². The van der Waals surface area contributed by atoms with E-state index in [-0.39, 0.29) is 18.9 Å². The summed E-state index contributed by atoms with van der Waals surface area (Å²) >= 11 is 0. The van der Waals surface area contributed by atoms with Crippen LogP contribution in [-0.2, 0) is 14.3 Å². The SMILES string of the molecule is COc1ccc([C@@H]2CC(=O)N(c3ccc(F)cc3)C3=C2C(=O)OC3)c(OC)c1. The Labute approximate surface area is 161 Å². The third-order valence-electron chi connectivity index (χ3n) is 5.02. The molecule has 28 heavy (non-hydrogen) atoms. The molecule has 0 aliphatic carbocycles. The number of methoxy groups -OCH3 is 2. The fourth-order valence-corrected chi connectivity index (χ4v) is 3.72. The number of benzene rings is 2. The van der Waals surface area contributed by atoms with Crippen LogP contribution < -0.4 is 14.4 Å². The van der Waals surface area contributed by atoms with Gasteiger partial charge in [0.25, 0.3) is 0 Å². The van der Waals surface area contributed by atoms with Gasteiger partial charge in [0.15, 0.2) is 0 Å². The molecule has 0 N–H and O–H groups in total. The van der Waals surface area contributed by atoms with Gasteiger partial charge in [-0.1, -0.05) is 6.07 Å². The first-order chi connectivity index (χ1) is 13.5. The maximum atomic E-state index is 13.3. The fourth-order valence-electron chi connectivity index (χ4n) is 3.72. The molecule has 2 heterocycles. The Morgan fingerprint density at radius 3 is 2.50 bits per heavy atom. The molecule has 1 amide bonds. The van der Waals surface area contributed by atoms with Gasteiger partial charge >= 0.3 is 5.97 Å². The highest BCUT2D eigenvalue weighted by atomic mass is 19.1. The van der Waals surface area contributed by atoms with Crippen molar-refractivity contribution in [1.29, 1.82) is 0 Å². The summed E-state index contributed by atoms with van der Waals surface area (Å²) in [6.45, 7) is -0.00769.